The van der Waals surface area contributed by atoms with Crippen LogP contribution in [0.3, 0.4) is 0 Å². The number of benzene rings is 3. The summed E-state index contributed by atoms with van der Waals surface area (Å²) in [5.41, 5.74) is 2.55. The van der Waals surface area contributed by atoms with Gasteiger partial charge < -0.3 is 24.1 Å². The van der Waals surface area contributed by atoms with Gasteiger partial charge in [-0.25, -0.2) is 4.98 Å². The molecular formula is C28H31N3O4. The van der Waals surface area contributed by atoms with E-state index in [1.54, 1.807) is 38.5 Å². The molecule has 7 heteroatoms. The molecule has 0 radical (unpaired) electrons. The molecule has 4 rings (SSSR count). The zero-order valence-electron chi connectivity index (χ0n) is 20.4. The number of ether oxygens (including phenoxy) is 3. The van der Waals surface area contributed by atoms with Crippen LogP contribution in [0.5, 0.6) is 17.2 Å². The normalized spacial score (nSPS) is 11.7. The summed E-state index contributed by atoms with van der Waals surface area (Å²) < 4.78 is 18.5. The van der Waals surface area contributed by atoms with Crippen molar-refractivity contribution >= 4 is 16.9 Å². The van der Waals surface area contributed by atoms with Gasteiger partial charge in [0.1, 0.15) is 23.1 Å². The Morgan fingerprint density at radius 2 is 1.66 bits per heavy atom. The fraction of sp³-hybridized carbons (Fsp3) is 0.286. The molecule has 0 bridgehead atoms. The molecule has 1 unspecified atom stereocenters. The van der Waals surface area contributed by atoms with Crippen LogP contribution >= 0.6 is 0 Å². The second kappa shape index (κ2) is 11.4. The van der Waals surface area contributed by atoms with E-state index in [0.29, 0.717) is 17.9 Å². The van der Waals surface area contributed by atoms with E-state index in [0.717, 1.165) is 47.7 Å². The number of rotatable bonds is 11. The highest BCUT2D eigenvalue weighted by molar-refractivity contribution is 5.94. The average molecular weight is 474 g/mol. The van der Waals surface area contributed by atoms with E-state index < -0.39 is 0 Å². The summed E-state index contributed by atoms with van der Waals surface area (Å²) in [6, 6.07) is 22.5. The van der Waals surface area contributed by atoms with Crippen molar-refractivity contribution in [2.45, 2.75) is 32.4 Å². The molecule has 1 atom stereocenters. The number of aromatic nitrogens is 2. The van der Waals surface area contributed by atoms with E-state index in [1.165, 1.54) is 0 Å². The average Bonchev–Trinajstić information content (AvgIpc) is 3.27. The molecule has 35 heavy (non-hydrogen) atoms. The maximum Gasteiger partial charge on any atom is 0.251 e. The van der Waals surface area contributed by atoms with Crippen molar-refractivity contribution in [1.29, 1.82) is 0 Å². The van der Waals surface area contributed by atoms with Crippen molar-refractivity contribution in [3.05, 3.63) is 84.2 Å². The van der Waals surface area contributed by atoms with Gasteiger partial charge in [0.2, 0.25) is 0 Å². The molecule has 0 aliphatic heterocycles. The second-order valence-electron chi connectivity index (χ2n) is 8.27. The van der Waals surface area contributed by atoms with Gasteiger partial charge in [-0.3, -0.25) is 4.79 Å². The highest BCUT2D eigenvalue weighted by Crippen LogP contribution is 2.23. The number of nitrogens with zero attached hydrogens (tertiary/aromatic N) is 2. The van der Waals surface area contributed by atoms with E-state index >= 15 is 0 Å². The van der Waals surface area contributed by atoms with Crippen LogP contribution in [-0.2, 0) is 6.54 Å². The summed E-state index contributed by atoms with van der Waals surface area (Å²) in [6.07, 6.45) is 1.80. The Bertz CT molecular complexity index is 1270. The predicted molar refractivity (Wildman–Crippen MR) is 136 cm³/mol. The molecule has 0 saturated heterocycles. The molecule has 1 aromatic heterocycles. The Hall–Kier alpha value is -4.00. The first-order valence-electron chi connectivity index (χ1n) is 11.8. The standard InChI is InChI=1S/C28H31N3O4/c1-20(29-28(32)21-13-15-22(33-2)16-14-21)27-30-25-11-4-5-12-26(25)31(27)17-6-7-18-35-24-10-8-9-23(19-24)34-3/h4-5,8-16,19-20H,6-7,17-18H2,1-3H3,(H,29,32). The van der Waals surface area contributed by atoms with Crippen molar-refractivity contribution in [3.63, 3.8) is 0 Å². The third-order valence-electron chi connectivity index (χ3n) is 5.86. The summed E-state index contributed by atoms with van der Waals surface area (Å²) in [6.45, 7) is 3.35. The van der Waals surface area contributed by atoms with Crippen LogP contribution in [0.25, 0.3) is 11.0 Å². The molecule has 0 saturated carbocycles. The number of aryl methyl sites for hydroxylation is 1. The monoisotopic (exact) mass is 473 g/mol. The van der Waals surface area contributed by atoms with E-state index in [1.807, 2.05) is 49.4 Å². The molecule has 182 valence electrons. The largest absolute Gasteiger partial charge is 0.497 e. The van der Waals surface area contributed by atoms with Gasteiger partial charge in [0.15, 0.2) is 0 Å². The molecule has 4 aromatic rings. The third kappa shape index (κ3) is 5.93. The zero-order chi connectivity index (χ0) is 24.6. The Kier molecular flexibility index (Phi) is 7.88. The molecule has 0 aliphatic rings. The summed E-state index contributed by atoms with van der Waals surface area (Å²) in [5, 5.41) is 3.09. The summed E-state index contributed by atoms with van der Waals surface area (Å²) >= 11 is 0. The van der Waals surface area contributed by atoms with E-state index in [2.05, 4.69) is 16.0 Å². The molecule has 0 fully saturated rings. The topological polar surface area (TPSA) is 74.6 Å². The number of para-hydroxylation sites is 2. The zero-order valence-corrected chi connectivity index (χ0v) is 20.4. The minimum absolute atomic E-state index is 0.148. The predicted octanol–water partition coefficient (Wildman–Crippen LogP) is 5.40. The van der Waals surface area contributed by atoms with Crippen LogP contribution in [-0.4, -0.2) is 36.3 Å². The van der Waals surface area contributed by atoms with Crippen LogP contribution in [0, 0.1) is 0 Å². The van der Waals surface area contributed by atoms with Gasteiger partial charge in [-0.1, -0.05) is 18.2 Å². The maximum absolute atomic E-state index is 12.8. The van der Waals surface area contributed by atoms with Crippen molar-refractivity contribution in [1.82, 2.24) is 14.9 Å². The molecule has 1 amide bonds. The fourth-order valence-corrected chi connectivity index (χ4v) is 4.00. The minimum Gasteiger partial charge on any atom is -0.497 e. The van der Waals surface area contributed by atoms with Crippen LogP contribution in [0.15, 0.2) is 72.8 Å². The van der Waals surface area contributed by atoms with Crippen molar-refractivity contribution in [2.24, 2.45) is 0 Å². The van der Waals surface area contributed by atoms with Crippen molar-refractivity contribution < 1.29 is 19.0 Å². The number of carbonyl (C=O) groups is 1. The lowest BCUT2D eigenvalue weighted by Gasteiger charge is -2.17. The van der Waals surface area contributed by atoms with Crippen molar-refractivity contribution in [3.8, 4) is 17.2 Å². The fourth-order valence-electron chi connectivity index (χ4n) is 4.00. The summed E-state index contributed by atoms with van der Waals surface area (Å²) in [5.74, 6) is 2.98. The number of nitrogens with one attached hydrogen (secondary N) is 1. The lowest BCUT2D eigenvalue weighted by atomic mass is 10.2. The molecule has 7 nitrogen and oxygen atoms in total. The van der Waals surface area contributed by atoms with Gasteiger partial charge in [0.05, 0.1) is 37.9 Å². The molecular weight excluding hydrogens is 442 g/mol. The van der Waals surface area contributed by atoms with E-state index in [-0.39, 0.29) is 11.9 Å². The van der Waals surface area contributed by atoms with Crippen LogP contribution in [0.4, 0.5) is 0 Å². The van der Waals surface area contributed by atoms with Gasteiger partial charge in [0.25, 0.3) is 5.91 Å². The number of imidazole rings is 1. The maximum atomic E-state index is 12.8. The summed E-state index contributed by atoms with van der Waals surface area (Å²) in [4.78, 5) is 17.7. The van der Waals surface area contributed by atoms with Crippen LogP contribution in [0.1, 0.15) is 42.0 Å². The van der Waals surface area contributed by atoms with Gasteiger partial charge in [-0.15, -0.1) is 0 Å². The Balaban J connectivity index is 1.40. The first-order valence-corrected chi connectivity index (χ1v) is 11.8. The van der Waals surface area contributed by atoms with Crippen molar-refractivity contribution in [2.75, 3.05) is 20.8 Å². The molecule has 1 heterocycles. The first kappa shape index (κ1) is 24.1. The Morgan fingerprint density at radius 1 is 0.914 bits per heavy atom. The molecule has 0 spiro atoms. The minimum atomic E-state index is -0.259. The lowest BCUT2D eigenvalue weighted by molar-refractivity contribution is 0.0937. The number of hydrogen-bond donors (Lipinski definition) is 1. The smallest absolute Gasteiger partial charge is 0.251 e. The highest BCUT2D eigenvalue weighted by atomic mass is 16.5. The third-order valence-corrected chi connectivity index (χ3v) is 5.86. The quantitative estimate of drug-likeness (QED) is 0.295. The van der Waals surface area contributed by atoms with Gasteiger partial charge in [0, 0.05) is 18.2 Å². The SMILES string of the molecule is COc1ccc(C(=O)NC(C)c2nc3ccccc3n2CCCCOc2cccc(OC)c2)cc1. The number of carbonyl (C=O) groups excluding carboxylic acids is 1. The lowest BCUT2D eigenvalue weighted by Crippen LogP contribution is -2.28. The molecule has 3 aromatic carbocycles. The van der Waals surface area contributed by atoms with Gasteiger partial charge >= 0.3 is 0 Å². The number of unbranched alkanes of at least 4 members (excludes halogenated alkanes) is 1. The number of fused-ring (bicyclic) bond motifs is 1. The second-order valence-corrected chi connectivity index (χ2v) is 8.27. The Labute approximate surface area is 205 Å². The summed E-state index contributed by atoms with van der Waals surface area (Å²) in [7, 11) is 3.25. The number of amides is 1. The van der Waals surface area contributed by atoms with E-state index in [9.17, 15) is 4.79 Å². The van der Waals surface area contributed by atoms with Gasteiger partial charge in [-0.2, -0.15) is 0 Å². The van der Waals surface area contributed by atoms with Crippen LogP contribution in [0.2, 0.25) is 0 Å². The number of methoxy groups -OCH3 is 2. The highest BCUT2D eigenvalue weighted by Gasteiger charge is 2.19. The van der Waals surface area contributed by atoms with E-state index in [4.69, 9.17) is 19.2 Å². The van der Waals surface area contributed by atoms with Gasteiger partial charge in [-0.05, 0) is 68.3 Å². The Morgan fingerprint density at radius 3 is 2.43 bits per heavy atom. The molecule has 1 N–H and O–H groups in total. The number of hydrogen-bond acceptors (Lipinski definition) is 5. The van der Waals surface area contributed by atoms with Crippen LogP contribution < -0.4 is 19.5 Å². The molecule has 0 aliphatic carbocycles. The first-order chi connectivity index (χ1) is 17.1.